The van der Waals surface area contributed by atoms with Crippen LogP contribution in [-0.4, -0.2) is 79.1 Å². The molecule has 1 atom stereocenters. The monoisotopic (exact) mass is 579 g/mol. The number of aromatic nitrogens is 5. The summed E-state index contributed by atoms with van der Waals surface area (Å²) in [6, 6.07) is 11.7. The highest BCUT2D eigenvalue weighted by molar-refractivity contribution is 6.04. The van der Waals surface area contributed by atoms with Crippen molar-refractivity contribution >= 4 is 34.5 Å². The Bertz CT molecular complexity index is 1670. The number of rotatable bonds is 9. The first-order chi connectivity index (χ1) is 20.8. The molecule has 0 unspecified atom stereocenters. The second-order valence-corrected chi connectivity index (χ2v) is 11.7. The molecule has 2 fully saturated rings. The van der Waals surface area contributed by atoms with E-state index in [0.717, 1.165) is 24.1 Å². The van der Waals surface area contributed by atoms with Crippen molar-refractivity contribution in [1.82, 2.24) is 34.5 Å². The summed E-state index contributed by atoms with van der Waals surface area (Å²) < 4.78 is 1.87. The Labute approximate surface area is 250 Å². The number of nitrogens with one attached hydrogen (secondary N) is 1. The Hall–Kier alpha value is -4.64. The van der Waals surface area contributed by atoms with Gasteiger partial charge in [-0.25, -0.2) is 19.6 Å². The number of nitrogens with two attached hydrogens (primary N) is 1. The van der Waals surface area contributed by atoms with Crippen LogP contribution in [0.5, 0.6) is 0 Å². The predicted octanol–water partition coefficient (Wildman–Crippen LogP) is 4.27. The van der Waals surface area contributed by atoms with Crippen LogP contribution in [0, 0.1) is 0 Å². The molecule has 4 heterocycles. The molecule has 3 aromatic heterocycles. The van der Waals surface area contributed by atoms with Gasteiger partial charge in [-0.3, -0.25) is 14.5 Å². The molecular weight excluding hydrogens is 542 g/mol. The minimum absolute atomic E-state index is 0.0116. The van der Waals surface area contributed by atoms with Crippen LogP contribution in [0.1, 0.15) is 61.0 Å². The SMILES string of the molecule is CC(C)c1ccnc(NC(=O)c2ccc(-c3nn([C@@H]4CCN(C(=O)/C=C/CN(C)C5CC5)C4)c4ncnc(N)c34)cc2)c1. The third-order valence-corrected chi connectivity index (χ3v) is 8.28. The maximum atomic E-state index is 13.0. The van der Waals surface area contributed by atoms with E-state index >= 15 is 0 Å². The van der Waals surface area contributed by atoms with E-state index in [0.29, 0.717) is 59.0 Å². The first-order valence-corrected chi connectivity index (χ1v) is 14.8. The number of amides is 2. The van der Waals surface area contributed by atoms with E-state index in [9.17, 15) is 9.59 Å². The van der Waals surface area contributed by atoms with Gasteiger partial charge in [0, 0.05) is 49.1 Å². The van der Waals surface area contributed by atoms with Gasteiger partial charge in [0.05, 0.1) is 11.4 Å². The van der Waals surface area contributed by atoms with Gasteiger partial charge in [-0.15, -0.1) is 0 Å². The summed E-state index contributed by atoms with van der Waals surface area (Å²) >= 11 is 0. The second-order valence-electron chi connectivity index (χ2n) is 11.7. The number of hydrogen-bond donors (Lipinski definition) is 2. The summed E-state index contributed by atoms with van der Waals surface area (Å²) in [5.74, 6) is 0.940. The fourth-order valence-corrected chi connectivity index (χ4v) is 5.53. The minimum atomic E-state index is -0.248. The molecule has 1 aliphatic carbocycles. The summed E-state index contributed by atoms with van der Waals surface area (Å²) in [7, 11) is 2.10. The summed E-state index contributed by atoms with van der Waals surface area (Å²) in [4.78, 5) is 43.0. The summed E-state index contributed by atoms with van der Waals surface area (Å²) in [5, 5.41) is 8.47. The molecule has 11 nitrogen and oxygen atoms in total. The van der Waals surface area contributed by atoms with E-state index in [2.05, 4.69) is 46.1 Å². The highest BCUT2D eigenvalue weighted by atomic mass is 16.2. The van der Waals surface area contributed by atoms with Crippen LogP contribution < -0.4 is 11.1 Å². The fraction of sp³-hybridized carbons (Fsp3) is 0.375. The fourth-order valence-electron chi connectivity index (χ4n) is 5.53. The first kappa shape index (κ1) is 28.5. The molecule has 1 saturated carbocycles. The van der Waals surface area contributed by atoms with Crippen molar-refractivity contribution in [2.24, 2.45) is 0 Å². The molecule has 2 amide bonds. The summed E-state index contributed by atoms with van der Waals surface area (Å²) in [6.07, 6.45) is 10.0. The Morgan fingerprint density at radius 3 is 2.65 bits per heavy atom. The van der Waals surface area contributed by atoms with E-state index in [1.165, 1.54) is 19.2 Å². The molecule has 0 radical (unpaired) electrons. The van der Waals surface area contributed by atoms with Gasteiger partial charge in [-0.2, -0.15) is 5.10 Å². The highest BCUT2D eigenvalue weighted by Crippen LogP contribution is 2.34. The maximum Gasteiger partial charge on any atom is 0.256 e. The van der Waals surface area contributed by atoms with E-state index in [-0.39, 0.29) is 17.9 Å². The first-order valence-electron chi connectivity index (χ1n) is 14.8. The average Bonchev–Trinajstić information content (AvgIpc) is 3.61. The zero-order valence-corrected chi connectivity index (χ0v) is 24.8. The van der Waals surface area contributed by atoms with Crippen molar-refractivity contribution in [3.63, 3.8) is 0 Å². The number of pyridine rings is 1. The van der Waals surface area contributed by atoms with E-state index in [4.69, 9.17) is 10.8 Å². The zero-order valence-electron chi connectivity index (χ0n) is 24.8. The van der Waals surface area contributed by atoms with Crippen molar-refractivity contribution < 1.29 is 9.59 Å². The lowest BCUT2D eigenvalue weighted by Crippen LogP contribution is -2.28. The van der Waals surface area contributed by atoms with Gasteiger partial charge in [-0.1, -0.05) is 32.1 Å². The van der Waals surface area contributed by atoms with Crippen molar-refractivity contribution in [1.29, 1.82) is 0 Å². The van der Waals surface area contributed by atoms with Crippen molar-refractivity contribution in [3.05, 3.63) is 72.2 Å². The third-order valence-electron chi connectivity index (χ3n) is 8.28. The molecule has 1 saturated heterocycles. The van der Waals surface area contributed by atoms with Gasteiger partial charge in [0.15, 0.2) is 5.65 Å². The van der Waals surface area contributed by atoms with Crippen LogP contribution in [0.2, 0.25) is 0 Å². The Morgan fingerprint density at radius 2 is 1.91 bits per heavy atom. The van der Waals surface area contributed by atoms with E-state index in [1.807, 2.05) is 39.9 Å². The quantitative estimate of drug-likeness (QED) is 0.281. The number of likely N-dealkylation sites (tertiary alicyclic amines) is 1. The van der Waals surface area contributed by atoms with Gasteiger partial charge in [-0.05, 0) is 62.1 Å². The van der Waals surface area contributed by atoms with Gasteiger partial charge in [0.1, 0.15) is 23.7 Å². The normalized spacial score (nSPS) is 17.0. The van der Waals surface area contributed by atoms with Gasteiger partial charge < -0.3 is 16.0 Å². The molecular formula is C32H37N9O2. The Balaban J connectivity index is 1.19. The number of carbonyl (C=O) groups excluding carboxylic acids is 2. The molecule has 222 valence electrons. The average molecular weight is 580 g/mol. The van der Waals surface area contributed by atoms with Crippen molar-refractivity contribution in [2.75, 3.05) is 37.7 Å². The summed E-state index contributed by atoms with van der Waals surface area (Å²) in [5.41, 5.74) is 9.98. The van der Waals surface area contributed by atoms with Crippen LogP contribution in [0.15, 0.2) is 61.1 Å². The molecule has 43 heavy (non-hydrogen) atoms. The lowest BCUT2D eigenvalue weighted by molar-refractivity contribution is -0.125. The van der Waals surface area contributed by atoms with E-state index in [1.54, 1.807) is 24.4 Å². The highest BCUT2D eigenvalue weighted by Gasteiger charge is 2.30. The van der Waals surface area contributed by atoms with Crippen LogP contribution in [0.3, 0.4) is 0 Å². The number of likely N-dealkylation sites (N-methyl/N-ethyl adjacent to an activating group) is 1. The second kappa shape index (κ2) is 11.9. The standard InChI is InChI=1S/C32H37N9O2/c1-20(2)23-12-14-34-26(17-23)37-32(43)22-8-6-21(7-9-22)29-28-30(33)35-19-36-31(28)41(38-29)25-13-16-40(18-25)27(42)5-4-15-39(3)24-10-11-24/h4-9,12,14,17,19-20,24-25H,10-11,13,15-16,18H2,1-3H3,(H2,33,35,36)(H,34,37,43)/b5-4+/t25-/m1/s1. The molecule has 2 aliphatic rings. The van der Waals surface area contributed by atoms with Crippen LogP contribution in [-0.2, 0) is 4.79 Å². The number of nitrogen functional groups attached to an aromatic ring is 1. The zero-order chi connectivity index (χ0) is 30.1. The largest absolute Gasteiger partial charge is 0.383 e. The number of carbonyl (C=O) groups is 2. The predicted molar refractivity (Wildman–Crippen MR) is 166 cm³/mol. The number of anilines is 2. The van der Waals surface area contributed by atoms with Gasteiger partial charge in [0.2, 0.25) is 5.91 Å². The van der Waals surface area contributed by atoms with Crippen LogP contribution in [0.25, 0.3) is 22.3 Å². The van der Waals surface area contributed by atoms with E-state index < -0.39 is 0 Å². The van der Waals surface area contributed by atoms with Crippen molar-refractivity contribution in [3.8, 4) is 11.3 Å². The lowest BCUT2D eigenvalue weighted by Gasteiger charge is -2.16. The Morgan fingerprint density at radius 1 is 1.12 bits per heavy atom. The molecule has 1 aliphatic heterocycles. The number of nitrogens with zero attached hydrogens (tertiary/aromatic N) is 7. The molecule has 11 heteroatoms. The van der Waals surface area contributed by atoms with Gasteiger partial charge >= 0.3 is 0 Å². The number of benzene rings is 1. The number of hydrogen-bond acceptors (Lipinski definition) is 8. The van der Waals surface area contributed by atoms with Crippen LogP contribution in [0.4, 0.5) is 11.6 Å². The molecule has 0 bridgehead atoms. The molecule has 6 rings (SSSR count). The minimum Gasteiger partial charge on any atom is -0.383 e. The molecule has 0 spiro atoms. The topological polar surface area (TPSA) is 135 Å². The summed E-state index contributed by atoms with van der Waals surface area (Å²) in [6.45, 7) is 6.15. The van der Waals surface area contributed by atoms with Crippen molar-refractivity contribution in [2.45, 2.75) is 51.1 Å². The third kappa shape index (κ3) is 6.12. The molecule has 1 aromatic carbocycles. The molecule has 3 N–H and O–H groups in total. The Kier molecular flexibility index (Phi) is 7.90. The number of fused-ring (bicyclic) bond motifs is 1. The van der Waals surface area contributed by atoms with Gasteiger partial charge in [0.25, 0.3) is 5.91 Å². The van der Waals surface area contributed by atoms with Crippen LogP contribution >= 0.6 is 0 Å². The molecule has 4 aromatic rings. The smallest absolute Gasteiger partial charge is 0.256 e. The maximum absolute atomic E-state index is 13.0. The lowest BCUT2D eigenvalue weighted by atomic mass is 10.0.